The lowest BCUT2D eigenvalue weighted by Gasteiger charge is -2.35. The molecule has 7 nitrogen and oxygen atoms in total. The van der Waals surface area contributed by atoms with E-state index in [1.807, 2.05) is 18.2 Å². The molecule has 4 heterocycles. The number of hydrogen-bond donors (Lipinski definition) is 0. The van der Waals surface area contributed by atoms with Crippen molar-refractivity contribution >= 4 is 28.4 Å². The second kappa shape index (κ2) is 11.8. The van der Waals surface area contributed by atoms with Gasteiger partial charge in [0.25, 0.3) is 0 Å². The maximum absolute atomic E-state index is 14.6. The van der Waals surface area contributed by atoms with E-state index in [4.69, 9.17) is 35.5 Å². The maximum atomic E-state index is 14.6. The lowest BCUT2D eigenvalue weighted by Crippen LogP contribution is -2.35. The van der Waals surface area contributed by atoms with E-state index in [2.05, 4.69) is 34.2 Å². The van der Waals surface area contributed by atoms with Gasteiger partial charge in [0.1, 0.15) is 24.0 Å². The van der Waals surface area contributed by atoms with Crippen molar-refractivity contribution in [2.75, 3.05) is 33.4 Å². The molecule has 9 heteroatoms. The Morgan fingerprint density at radius 2 is 1.93 bits per heavy atom. The van der Waals surface area contributed by atoms with Crippen LogP contribution in [0.15, 0.2) is 61.2 Å². The number of likely N-dealkylation sites (tertiary alicyclic amines) is 1. The van der Waals surface area contributed by atoms with Gasteiger partial charge in [-0.1, -0.05) is 36.4 Å². The molecule has 7 rings (SSSR count). The largest absolute Gasteiger partial charge is 0.497 e. The lowest BCUT2D eigenvalue weighted by molar-refractivity contribution is -0.0592. The molecule has 4 aromatic rings. The summed E-state index contributed by atoms with van der Waals surface area (Å²) in [4.78, 5) is 7.53. The molecule has 0 amide bonds. The first kappa shape index (κ1) is 28.2. The monoisotopic (exact) mass is 603 g/mol. The van der Waals surface area contributed by atoms with E-state index in [0.717, 1.165) is 85.8 Å². The van der Waals surface area contributed by atoms with E-state index in [9.17, 15) is 4.39 Å². The predicted octanol–water partition coefficient (Wildman–Crippen LogP) is 7.13. The molecule has 0 N–H and O–H groups in total. The van der Waals surface area contributed by atoms with Gasteiger partial charge in [0, 0.05) is 28.3 Å². The van der Waals surface area contributed by atoms with Gasteiger partial charge in [-0.05, 0) is 74.7 Å². The molecule has 3 aromatic carbocycles. The number of nitrogens with zero attached hydrogens (tertiary/aromatic N) is 3. The standard InChI is InChI=1S/C34H35ClFN3O4/c1-21(40-2)23-6-9-29-30(16-23)39(18-25-12-15-41-25)33(37-29)19-38-13-10-22(11-14-38)26-4-3-5-31-34(26)42-20-32(43-31)27-8-7-24(35)17-28(27)36/h3-9,16-17,22,25,32H,1,10-15,18-20H2,2H3/t25-,32+/m0/s1. The quantitative estimate of drug-likeness (QED) is 0.200. The number of halogens is 2. The van der Waals surface area contributed by atoms with Crippen molar-refractivity contribution in [3.05, 3.63) is 94.5 Å². The smallest absolute Gasteiger partial charge is 0.164 e. The lowest BCUT2D eigenvalue weighted by atomic mass is 9.88. The summed E-state index contributed by atoms with van der Waals surface area (Å²) in [6.07, 6.45) is 2.77. The fraction of sp³-hybridized carbons (Fsp3) is 0.382. The second-order valence-corrected chi connectivity index (χ2v) is 12.0. The Morgan fingerprint density at radius 3 is 2.67 bits per heavy atom. The number of hydrogen-bond acceptors (Lipinski definition) is 6. The van der Waals surface area contributed by atoms with Crippen molar-refractivity contribution in [3.8, 4) is 11.5 Å². The zero-order valence-electron chi connectivity index (χ0n) is 24.2. The van der Waals surface area contributed by atoms with Gasteiger partial charge < -0.3 is 23.5 Å². The highest BCUT2D eigenvalue weighted by atomic mass is 35.5. The number of piperidine rings is 1. The van der Waals surface area contributed by atoms with Gasteiger partial charge in [0.15, 0.2) is 17.6 Å². The highest BCUT2D eigenvalue weighted by molar-refractivity contribution is 6.30. The Bertz CT molecular complexity index is 1660. The average Bonchev–Trinajstić information content (AvgIpc) is 3.34. The van der Waals surface area contributed by atoms with E-state index in [-0.39, 0.29) is 18.5 Å². The average molecular weight is 604 g/mol. The first-order valence-corrected chi connectivity index (χ1v) is 15.3. The minimum atomic E-state index is -0.518. The van der Waals surface area contributed by atoms with Crippen LogP contribution in [-0.4, -0.2) is 54.0 Å². The van der Waals surface area contributed by atoms with Gasteiger partial charge in [0.2, 0.25) is 0 Å². The molecular formula is C34H35ClFN3O4. The zero-order valence-corrected chi connectivity index (χ0v) is 25.0. The number of fused-ring (bicyclic) bond motifs is 2. The first-order valence-electron chi connectivity index (χ1n) is 14.9. The summed E-state index contributed by atoms with van der Waals surface area (Å²) in [5.41, 5.74) is 4.62. The molecule has 224 valence electrons. The third-order valence-electron chi connectivity index (χ3n) is 8.93. The maximum Gasteiger partial charge on any atom is 0.164 e. The van der Waals surface area contributed by atoms with E-state index >= 15 is 0 Å². The van der Waals surface area contributed by atoms with Crippen molar-refractivity contribution in [1.29, 1.82) is 0 Å². The van der Waals surface area contributed by atoms with Crippen LogP contribution in [0.3, 0.4) is 0 Å². The van der Waals surface area contributed by atoms with Crippen LogP contribution >= 0.6 is 11.6 Å². The molecular weight excluding hydrogens is 569 g/mol. The van der Waals surface area contributed by atoms with Gasteiger partial charge in [-0.15, -0.1) is 0 Å². The zero-order chi connectivity index (χ0) is 29.5. The van der Waals surface area contributed by atoms with Crippen LogP contribution in [0, 0.1) is 5.82 Å². The first-order chi connectivity index (χ1) is 21.0. The highest BCUT2D eigenvalue weighted by Crippen LogP contribution is 2.44. The predicted molar refractivity (Wildman–Crippen MR) is 164 cm³/mol. The van der Waals surface area contributed by atoms with Crippen LogP contribution in [0.1, 0.15) is 53.8 Å². The van der Waals surface area contributed by atoms with Crippen molar-refractivity contribution < 1.29 is 23.3 Å². The summed E-state index contributed by atoms with van der Waals surface area (Å²) in [6, 6.07) is 16.9. The Kier molecular flexibility index (Phi) is 7.76. The Balaban J connectivity index is 1.05. The Morgan fingerprint density at radius 1 is 1.09 bits per heavy atom. The minimum Gasteiger partial charge on any atom is -0.497 e. The van der Waals surface area contributed by atoms with Gasteiger partial charge in [-0.25, -0.2) is 9.37 Å². The number of rotatable bonds is 8. The van der Waals surface area contributed by atoms with Crippen LogP contribution in [0.5, 0.6) is 11.5 Å². The molecule has 2 fully saturated rings. The summed E-state index contributed by atoms with van der Waals surface area (Å²) in [5.74, 6) is 3.10. The molecule has 0 unspecified atom stereocenters. The molecule has 0 radical (unpaired) electrons. The summed E-state index contributed by atoms with van der Waals surface area (Å²) in [5, 5.41) is 0.360. The molecule has 0 aliphatic carbocycles. The summed E-state index contributed by atoms with van der Waals surface area (Å²) < 4.78 is 40.5. The topological polar surface area (TPSA) is 58.0 Å². The highest BCUT2D eigenvalue weighted by Gasteiger charge is 2.31. The van der Waals surface area contributed by atoms with E-state index in [1.54, 1.807) is 19.2 Å². The number of imidazole rings is 1. The molecule has 0 saturated carbocycles. The number of ether oxygens (including phenoxy) is 4. The van der Waals surface area contributed by atoms with Crippen LogP contribution in [0.2, 0.25) is 5.02 Å². The second-order valence-electron chi connectivity index (χ2n) is 11.6. The molecule has 43 heavy (non-hydrogen) atoms. The SMILES string of the molecule is C=C(OC)c1ccc2nc(CN3CCC(c4cccc5c4OC[C@H](c4ccc(Cl)cc4F)O5)CC3)n(C[C@@H]3CCO3)c2c1. The fourth-order valence-corrected chi connectivity index (χ4v) is 6.55. The summed E-state index contributed by atoms with van der Waals surface area (Å²) in [7, 11) is 1.64. The molecule has 2 saturated heterocycles. The van der Waals surface area contributed by atoms with Crippen LogP contribution in [-0.2, 0) is 22.6 Å². The van der Waals surface area contributed by atoms with E-state index < -0.39 is 6.10 Å². The van der Waals surface area contributed by atoms with Gasteiger partial charge >= 0.3 is 0 Å². The van der Waals surface area contributed by atoms with Gasteiger partial charge in [-0.2, -0.15) is 0 Å². The summed E-state index contributed by atoms with van der Waals surface area (Å²) >= 11 is 5.94. The molecule has 3 aliphatic heterocycles. The number of para-hydroxylation sites is 1. The number of aromatic nitrogens is 2. The number of benzene rings is 3. The van der Waals surface area contributed by atoms with Crippen molar-refractivity contribution in [1.82, 2.24) is 14.5 Å². The fourth-order valence-electron chi connectivity index (χ4n) is 6.39. The summed E-state index contributed by atoms with van der Waals surface area (Å²) in [6.45, 7) is 8.56. The molecule has 0 bridgehead atoms. The van der Waals surface area contributed by atoms with Crippen LogP contribution < -0.4 is 9.47 Å². The van der Waals surface area contributed by atoms with Crippen LogP contribution in [0.4, 0.5) is 4.39 Å². The van der Waals surface area contributed by atoms with Crippen molar-refractivity contribution in [3.63, 3.8) is 0 Å². The van der Waals surface area contributed by atoms with E-state index in [1.165, 1.54) is 6.07 Å². The third kappa shape index (κ3) is 5.59. The molecule has 2 atom stereocenters. The minimum absolute atomic E-state index is 0.221. The van der Waals surface area contributed by atoms with Crippen molar-refractivity contribution in [2.24, 2.45) is 0 Å². The van der Waals surface area contributed by atoms with Gasteiger partial charge in [-0.3, -0.25) is 4.90 Å². The molecule has 3 aliphatic rings. The molecule has 0 spiro atoms. The molecule has 1 aromatic heterocycles. The normalized spacial score (nSPS) is 20.6. The van der Waals surface area contributed by atoms with Crippen LogP contribution in [0.25, 0.3) is 16.8 Å². The Hall–Kier alpha value is -3.59. The van der Waals surface area contributed by atoms with Gasteiger partial charge in [0.05, 0.1) is 37.3 Å². The Labute approximate surface area is 255 Å². The van der Waals surface area contributed by atoms with Crippen molar-refractivity contribution in [2.45, 2.75) is 50.5 Å². The third-order valence-corrected chi connectivity index (χ3v) is 9.17. The number of methoxy groups -OCH3 is 1. The van der Waals surface area contributed by atoms with E-state index in [0.29, 0.717) is 28.0 Å².